The fraction of sp³-hybridized carbons (Fsp3) is 0.700. The molecule has 1 saturated carbocycles. The van der Waals surface area contributed by atoms with Crippen LogP contribution in [0.15, 0.2) is 11.1 Å². The fourth-order valence-electron chi connectivity index (χ4n) is 2.13. The lowest BCUT2D eigenvalue weighted by Gasteiger charge is -2.14. The number of hydrogen-bond acceptors (Lipinski definition) is 3. The third-order valence-corrected chi connectivity index (χ3v) is 5.92. The van der Waals surface area contributed by atoms with Crippen LogP contribution in [0.3, 0.4) is 0 Å². The van der Waals surface area contributed by atoms with Crippen molar-refractivity contribution in [2.45, 2.75) is 35.9 Å². The second-order valence-electron chi connectivity index (χ2n) is 4.42. The standard InChI is InChI=1S/C10H16BrN3O2S/c1-7-10(6-12-14-7)17(15,16)13-5-8-3-2-4-9(8)11/h6,8-9,13H,2-5H2,1H3,(H,12,14). The van der Waals surface area contributed by atoms with E-state index >= 15 is 0 Å². The third kappa shape index (κ3) is 2.89. The van der Waals surface area contributed by atoms with Gasteiger partial charge >= 0.3 is 0 Å². The second kappa shape index (κ2) is 5.07. The number of rotatable bonds is 4. The molecule has 0 aliphatic heterocycles. The van der Waals surface area contributed by atoms with E-state index < -0.39 is 10.0 Å². The van der Waals surface area contributed by atoms with Crippen LogP contribution in [0.25, 0.3) is 0 Å². The molecule has 7 heteroatoms. The summed E-state index contributed by atoms with van der Waals surface area (Å²) in [6.45, 7) is 2.19. The minimum Gasteiger partial charge on any atom is -0.281 e. The van der Waals surface area contributed by atoms with Gasteiger partial charge in [-0.2, -0.15) is 5.10 Å². The van der Waals surface area contributed by atoms with Crippen LogP contribution >= 0.6 is 15.9 Å². The van der Waals surface area contributed by atoms with Gasteiger partial charge in [0, 0.05) is 11.4 Å². The van der Waals surface area contributed by atoms with Crippen LogP contribution in [0.5, 0.6) is 0 Å². The summed E-state index contributed by atoms with van der Waals surface area (Å²) in [5, 5.41) is 6.36. The Kier molecular flexibility index (Phi) is 3.89. The minimum absolute atomic E-state index is 0.238. The van der Waals surface area contributed by atoms with E-state index in [1.165, 1.54) is 6.20 Å². The molecule has 0 bridgehead atoms. The summed E-state index contributed by atoms with van der Waals surface area (Å²) < 4.78 is 26.6. The summed E-state index contributed by atoms with van der Waals surface area (Å²) in [7, 11) is -3.42. The first-order chi connectivity index (χ1) is 8.00. The van der Waals surface area contributed by atoms with E-state index in [4.69, 9.17) is 0 Å². The van der Waals surface area contributed by atoms with Crippen LogP contribution in [0.1, 0.15) is 25.0 Å². The zero-order valence-corrected chi connectivity index (χ0v) is 12.0. The molecule has 2 rings (SSSR count). The molecule has 1 aromatic heterocycles. The molecular weight excluding hydrogens is 306 g/mol. The summed E-state index contributed by atoms with van der Waals surface area (Å²) in [6, 6.07) is 0. The number of aromatic nitrogens is 2. The number of hydrogen-bond donors (Lipinski definition) is 2. The minimum atomic E-state index is -3.42. The van der Waals surface area contributed by atoms with E-state index in [0.29, 0.717) is 23.0 Å². The number of nitrogens with one attached hydrogen (secondary N) is 2. The molecule has 1 heterocycles. The van der Waals surface area contributed by atoms with E-state index in [1.54, 1.807) is 6.92 Å². The Labute approximate surface area is 110 Å². The van der Waals surface area contributed by atoms with E-state index in [-0.39, 0.29) is 4.90 Å². The van der Waals surface area contributed by atoms with Crippen LogP contribution in [0, 0.1) is 12.8 Å². The lowest BCUT2D eigenvalue weighted by atomic mass is 10.1. The number of nitrogens with zero attached hydrogens (tertiary/aromatic N) is 1. The van der Waals surface area contributed by atoms with Crippen molar-refractivity contribution in [2.75, 3.05) is 6.54 Å². The Hall–Kier alpha value is -0.400. The molecular formula is C10H16BrN3O2S. The zero-order chi connectivity index (χ0) is 12.5. The van der Waals surface area contributed by atoms with E-state index in [0.717, 1.165) is 19.3 Å². The zero-order valence-electron chi connectivity index (χ0n) is 9.61. The monoisotopic (exact) mass is 321 g/mol. The van der Waals surface area contributed by atoms with Gasteiger partial charge in [-0.15, -0.1) is 0 Å². The lowest BCUT2D eigenvalue weighted by molar-refractivity contribution is 0.529. The van der Waals surface area contributed by atoms with Crippen molar-refractivity contribution in [1.29, 1.82) is 0 Å². The summed E-state index contributed by atoms with van der Waals surface area (Å²) in [5.41, 5.74) is 0.569. The lowest BCUT2D eigenvalue weighted by Crippen LogP contribution is -2.31. The highest BCUT2D eigenvalue weighted by atomic mass is 79.9. The van der Waals surface area contributed by atoms with Crippen molar-refractivity contribution in [3.8, 4) is 0 Å². The van der Waals surface area contributed by atoms with Crippen molar-refractivity contribution in [1.82, 2.24) is 14.9 Å². The number of alkyl halides is 1. The number of H-pyrrole nitrogens is 1. The van der Waals surface area contributed by atoms with Gasteiger partial charge < -0.3 is 0 Å². The molecule has 1 aromatic rings. The molecule has 2 N–H and O–H groups in total. The number of halogens is 1. The first-order valence-electron chi connectivity index (χ1n) is 5.64. The molecule has 0 aromatic carbocycles. The Morgan fingerprint density at radius 2 is 2.35 bits per heavy atom. The largest absolute Gasteiger partial charge is 0.281 e. The number of aromatic amines is 1. The Balaban J connectivity index is 2.01. The van der Waals surface area contributed by atoms with Gasteiger partial charge in [0.2, 0.25) is 10.0 Å². The Bertz CT molecular complexity index is 485. The van der Waals surface area contributed by atoms with Crippen molar-refractivity contribution in [2.24, 2.45) is 5.92 Å². The SMILES string of the molecule is Cc1[nH]ncc1S(=O)(=O)NCC1CCCC1Br. The van der Waals surface area contributed by atoms with Crippen molar-refractivity contribution >= 4 is 26.0 Å². The summed E-state index contributed by atoms with van der Waals surface area (Å²) in [5.74, 6) is 0.386. The van der Waals surface area contributed by atoms with Crippen molar-refractivity contribution in [3.63, 3.8) is 0 Å². The highest BCUT2D eigenvalue weighted by Gasteiger charge is 2.27. The molecule has 0 amide bonds. The predicted octanol–water partition coefficient (Wildman–Crippen LogP) is 1.56. The highest BCUT2D eigenvalue weighted by Crippen LogP contribution is 2.31. The average molecular weight is 322 g/mol. The van der Waals surface area contributed by atoms with Crippen molar-refractivity contribution in [3.05, 3.63) is 11.9 Å². The maximum absolute atomic E-state index is 12.0. The van der Waals surface area contributed by atoms with Gasteiger partial charge in [-0.25, -0.2) is 13.1 Å². The molecule has 0 saturated heterocycles. The second-order valence-corrected chi connectivity index (χ2v) is 7.33. The van der Waals surface area contributed by atoms with E-state index in [9.17, 15) is 8.42 Å². The Morgan fingerprint density at radius 1 is 1.59 bits per heavy atom. The molecule has 1 aliphatic rings. The van der Waals surface area contributed by atoms with Crippen molar-refractivity contribution < 1.29 is 8.42 Å². The quantitative estimate of drug-likeness (QED) is 0.826. The molecule has 17 heavy (non-hydrogen) atoms. The fourth-order valence-corrected chi connectivity index (χ4v) is 4.13. The van der Waals surface area contributed by atoms with Gasteiger partial charge in [0.25, 0.3) is 0 Å². The van der Waals surface area contributed by atoms with E-state index in [1.807, 2.05) is 0 Å². The first kappa shape index (κ1) is 13.0. The van der Waals surface area contributed by atoms with Gasteiger partial charge in [-0.3, -0.25) is 5.10 Å². The van der Waals surface area contributed by atoms with Gasteiger partial charge in [-0.05, 0) is 25.7 Å². The van der Waals surface area contributed by atoms with Gasteiger partial charge in [0.1, 0.15) is 4.90 Å². The molecule has 2 atom stereocenters. The summed E-state index contributed by atoms with van der Waals surface area (Å²) >= 11 is 3.58. The summed E-state index contributed by atoms with van der Waals surface area (Å²) in [6.07, 6.45) is 4.70. The maximum Gasteiger partial charge on any atom is 0.243 e. The molecule has 0 radical (unpaired) electrons. The average Bonchev–Trinajstić information content (AvgIpc) is 2.85. The number of sulfonamides is 1. The predicted molar refractivity (Wildman–Crippen MR) is 68.6 cm³/mol. The van der Waals surface area contributed by atoms with Gasteiger partial charge in [0.15, 0.2) is 0 Å². The molecule has 96 valence electrons. The van der Waals surface area contributed by atoms with Gasteiger partial charge in [0.05, 0.1) is 11.9 Å². The molecule has 0 spiro atoms. The number of aryl methyl sites for hydroxylation is 1. The smallest absolute Gasteiger partial charge is 0.243 e. The molecule has 1 fully saturated rings. The summed E-state index contributed by atoms with van der Waals surface area (Å²) in [4.78, 5) is 0.664. The van der Waals surface area contributed by atoms with Gasteiger partial charge in [-0.1, -0.05) is 22.4 Å². The van der Waals surface area contributed by atoms with Crippen LogP contribution in [-0.2, 0) is 10.0 Å². The van der Waals surface area contributed by atoms with Crippen LogP contribution < -0.4 is 4.72 Å². The normalized spacial score (nSPS) is 25.3. The van der Waals surface area contributed by atoms with Crippen LogP contribution in [0.4, 0.5) is 0 Å². The highest BCUT2D eigenvalue weighted by molar-refractivity contribution is 9.09. The molecule has 5 nitrogen and oxygen atoms in total. The van der Waals surface area contributed by atoms with Crippen LogP contribution in [0.2, 0.25) is 0 Å². The maximum atomic E-state index is 12.0. The van der Waals surface area contributed by atoms with E-state index in [2.05, 4.69) is 30.8 Å². The molecule has 1 aliphatic carbocycles. The van der Waals surface area contributed by atoms with Crippen LogP contribution in [-0.4, -0.2) is 30.0 Å². The molecule has 2 unspecified atom stereocenters. The Morgan fingerprint density at radius 3 is 2.88 bits per heavy atom. The topological polar surface area (TPSA) is 74.8 Å². The third-order valence-electron chi connectivity index (χ3n) is 3.18. The first-order valence-corrected chi connectivity index (χ1v) is 8.04.